The number of hydrogen-bond donors (Lipinski definition) is 3. The quantitative estimate of drug-likeness (QED) is 0.210. The fourth-order valence-corrected chi connectivity index (χ4v) is 2.35. The van der Waals surface area contributed by atoms with Crippen molar-refractivity contribution in [1.82, 2.24) is 10.6 Å². The number of hydrogen-bond acceptors (Lipinski definition) is 4. The van der Waals surface area contributed by atoms with Crippen molar-refractivity contribution in [3.05, 3.63) is 34.4 Å². The minimum atomic E-state index is -1.86. The number of nitrogens with one attached hydrogen (secondary N) is 3. The number of nitro benzene ring substituents is 1. The molecule has 0 saturated carbocycles. The van der Waals surface area contributed by atoms with E-state index in [1.54, 1.807) is 6.07 Å². The maximum absolute atomic E-state index is 11.9. The minimum Gasteiger partial charge on any atom is -0.339 e. The number of non-ortho nitro benzene ring substituents is 1. The first kappa shape index (κ1) is 21.7. The van der Waals surface area contributed by atoms with E-state index < -0.39 is 14.9 Å². The van der Waals surface area contributed by atoms with Gasteiger partial charge in [0.05, 0.1) is 4.92 Å². The van der Waals surface area contributed by atoms with Gasteiger partial charge >= 0.3 is 0 Å². The number of nitrogens with zero attached hydrogens (tertiary/aromatic N) is 1. The van der Waals surface area contributed by atoms with Crippen molar-refractivity contribution in [2.24, 2.45) is 5.92 Å². The number of rotatable bonds is 6. The molecule has 0 fully saturated rings. The van der Waals surface area contributed by atoms with Gasteiger partial charge in [0.25, 0.3) is 5.69 Å². The molecule has 11 heteroatoms. The monoisotopic (exact) mass is 426 g/mol. The molecular formula is C14H17Cl3N4O3S. The first-order valence-corrected chi connectivity index (χ1v) is 8.71. The van der Waals surface area contributed by atoms with Crippen molar-refractivity contribution in [3.63, 3.8) is 0 Å². The van der Waals surface area contributed by atoms with E-state index in [9.17, 15) is 14.9 Å². The summed E-state index contributed by atoms with van der Waals surface area (Å²) in [5, 5.41) is 18.8. The fourth-order valence-electron chi connectivity index (χ4n) is 1.79. The van der Waals surface area contributed by atoms with Gasteiger partial charge in [-0.2, -0.15) is 0 Å². The van der Waals surface area contributed by atoms with Crippen molar-refractivity contribution < 1.29 is 9.72 Å². The number of amides is 1. The van der Waals surface area contributed by atoms with Crippen LogP contribution in [0.25, 0.3) is 0 Å². The Kier molecular flexibility index (Phi) is 8.14. The molecule has 1 aromatic carbocycles. The second-order valence-electron chi connectivity index (χ2n) is 5.55. The fraction of sp³-hybridized carbons (Fsp3) is 0.429. The van der Waals surface area contributed by atoms with Gasteiger partial charge in [0.2, 0.25) is 9.70 Å². The highest BCUT2D eigenvalue weighted by atomic mass is 35.6. The molecule has 0 saturated heterocycles. The lowest BCUT2D eigenvalue weighted by Crippen LogP contribution is -2.56. The average Bonchev–Trinajstić information content (AvgIpc) is 2.44. The van der Waals surface area contributed by atoms with Gasteiger partial charge in [0.15, 0.2) is 5.11 Å². The van der Waals surface area contributed by atoms with Crippen LogP contribution in [-0.2, 0) is 4.79 Å². The highest BCUT2D eigenvalue weighted by Gasteiger charge is 2.34. The van der Waals surface area contributed by atoms with Crippen LogP contribution >= 0.6 is 47.0 Å². The van der Waals surface area contributed by atoms with Crippen molar-refractivity contribution in [3.8, 4) is 0 Å². The molecule has 0 radical (unpaired) electrons. The van der Waals surface area contributed by atoms with Gasteiger partial charge in [-0.25, -0.2) is 0 Å². The van der Waals surface area contributed by atoms with Gasteiger partial charge in [-0.3, -0.25) is 14.9 Å². The van der Waals surface area contributed by atoms with Gasteiger partial charge in [-0.05, 0) is 24.2 Å². The summed E-state index contributed by atoms with van der Waals surface area (Å²) in [4.78, 5) is 22.2. The molecule has 138 valence electrons. The van der Waals surface area contributed by atoms with Crippen molar-refractivity contribution in [1.29, 1.82) is 0 Å². The number of anilines is 1. The van der Waals surface area contributed by atoms with Gasteiger partial charge in [0, 0.05) is 24.2 Å². The topological polar surface area (TPSA) is 96.3 Å². The Bertz CT molecular complexity index is 652. The van der Waals surface area contributed by atoms with Crippen LogP contribution in [0.5, 0.6) is 0 Å². The van der Waals surface area contributed by atoms with Gasteiger partial charge in [0.1, 0.15) is 6.17 Å². The van der Waals surface area contributed by atoms with E-state index in [1.807, 2.05) is 13.8 Å². The van der Waals surface area contributed by atoms with Crippen molar-refractivity contribution >= 4 is 69.4 Å². The molecule has 0 aliphatic carbocycles. The molecule has 25 heavy (non-hydrogen) atoms. The molecule has 0 heterocycles. The first-order valence-electron chi connectivity index (χ1n) is 7.17. The molecule has 0 aliphatic heterocycles. The Balaban J connectivity index is 2.77. The van der Waals surface area contributed by atoms with Crippen molar-refractivity contribution in [2.75, 3.05) is 5.32 Å². The van der Waals surface area contributed by atoms with E-state index >= 15 is 0 Å². The average molecular weight is 428 g/mol. The predicted molar refractivity (Wildman–Crippen MR) is 104 cm³/mol. The van der Waals surface area contributed by atoms with Crippen LogP contribution in [-0.4, -0.2) is 25.9 Å². The number of alkyl halides is 3. The highest BCUT2D eigenvalue weighted by molar-refractivity contribution is 7.80. The number of carbonyl (C=O) groups is 1. The molecule has 7 nitrogen and oxygen atoms in total. The van der Waals surface area contributed by atoms with Gasteiger partial charge in [-0.1, -0.05) is 54.7 Å². The molecule has 3 N–H and O–H groups in total. The Morgan fingerprint density at radius 2 is 1.96 bits per heavy atom. The Morgan fingerprint density at radius 3 is 2.48 bits per heavy atom. The predicted octanol–water partition coefficient (Wildman–Crippen LogP) is 3.74. The molecule has 1 rings (SSSR count). The number of nitro groups is 1. The number of benzene rings is 1. The Hall–Kier alpha value is -1.35. The van der Waals surface area contributed by atoms with E-state index in [1.165, 1.54) is 18.2 Å². The maximum Gasteiger partial charge on any atom is 0.271 e. The minimum absolute atomic E-state index is 0.0293. The lowest BCUT2D eigenvalue weighted by atomic mass is 10.1. The second kappa shape index (κ2) is 9.38. The van der Waals surface area contributed by atoms with Crippen LogP contribution in [0.4, 0.5) is 11.4 Å². The summed E-state index contributed by atoms with van der Waals surface area (Å²) in [6.45, 7) is 3.76. The second-order valence-corrected chi connectivity index (χ2v) is 8.32. The molecule has 1 atom stereocenters. The number of carbonyl (C=O) groups excluding carboxylic acids is 1. The van der Waals surface area contributed by atoms with E-state index in [0.717, 1.165) is 0 Å². The zero-order chi connectivity index (χ0) is 19.2. The summed E-state index contributed by atoms with van der Waals surface area (Å²) in [7, 11) is 0. The number of halogens is 3. The summed E-state index contributed by atoms with van der Waals surface area (Å²) >= 11 is 22.7. The third-order valence-corrected chi connectivity index (χ3v) is 3.69. The zero-order valence-electron chi connectivity index (χ0n) is 13.4. The summed E-state index contributed by atoms with van der Waals surface area (Å²) in [6, 6.07) is 5.73. The van der Waals surface area contributed by atoms with Gasteiger partial charge in [-0.15, -0.1) is 0 Å². The summed E-state index contributed by atoms with van der Waals surface area (Å²) in [5.41, 5.74) is 0.277. The van der Waals surface area contributed by atoms with Crippen LogP contribution in [0.1, 0.15) is 20.3 Å². The Labute approximate surface area is 165 Å². The van der Waals surface area contributed by atoms with Crippen LogP contribution in [0.3, 0.4) is 0 Å². The first-order chi connectivity index (χ1) is 11.5. The molecular weight excluding hydrogens is 411 g/mol. The molecule has 0 bridgehead atoms. The lowest BCUT2D eigenvalue weighted by Gasteiger charge is -2.28. The van der Waals surface area contributed by atoms with Crippen LogP contribution in [0, 0.1) is 16.0 Å². The molecule has 1 amide bonds. The third-order valence-electron chi connectivity index (χ3n) is 2.82. The van der Waals surface area contributed by atoms with E-state index in [-0.39, 0.29) is 29.0 Å². The van der Waals surface area contributed by atoms with Crippen LogP contribution in [0.2, 0.25) is 0 Å². The van der Waals surface area contributed by atoms with Gasteiger partial charge < -0.3 is 16.0 Å². The standard InChI is InChI=1S/C14H17Cl3N4O3S/c1-8(2)6-11(22)19-12(14(15,16)17)20-13(25)18-9-4-3-5-10(7-9)21(23)24/h3-5,7-8,12H,6H2,1-2H3,(H,19,22)(H2,18,20,25)/t12-/m1/s1. The van der Waals surface area contributed by atoms with E-state index in [0.29, 0.717) is 5.69 Å². The van der Waals surface area contributed by atoms with Crippen LogP contribution < -0.4 is 16.0 Å². The zero-order valence-corrected chi connectivity index (χ0v) is 16.5. The lowest BCUT2D eigenvalue weighted by molar-refractivity contribution is -0.384. The molecule has 1 aromatic rings. The largest absolute Gasteiger partial charge is 0.339 e. The normalized spacial score (nSPS) is 12.4. The summed E-state index contributed by atoms with van der Waals surface area (Å²) in [5.74, 6) is -0.178. The molecule has 0 aliphatic rings. The maximum atomic E-state index is 11.9. The van der Waals surface area contributed by atoms with E-state index in [2.05, 4.69) is 16.0 Å². The molecule has 0 spiro atoms. The summed E-state index contributed by atoms with van der Waals surface area (Å²) in [6.07, 6.45) is -0.827. The van der Waals surface area contributed by atoms with Crippen molar-refractivity contribution in [2.45, 2.75) is 30.2 Å². The molecule has 0 unspecified atom stereocenters. The third kappa shape index (κ3) is 8.04. The Morgan fingerprint density at radius 1 is 1.32 bits per heavy atom. The van der Waals surface area contributed by atoms with E-state index in [4.69, 9.17) is 47.0 Å². The summed E-state index contributed by atoms with van der Waals surface area (Å²) < 4.78 is -1.86. The highest BCUT2D eigenvalue weighted by Crippen LogP contribution is 2.29. The number of thiocarbonyl (C=S) groups is 1. The smallest absolute Gasteiger partial charge is 0.271 e. The van der Waals surface area contributed by atoms with Crippen LogP contribution in [0.15, 0.2) is 24.3 Å². The SMILES string of the molecule is CC(C)CC(=O)N[C@H](NC(=S)Nc1cccc([N+](=O)[O-])c1)C(Cl)(Cl)Cl. The molecule has 0 aromatic heterocycles.